The number of carbonyl (C=O) groups excluding carboxylic acids is 2. The van der Waals surface area contributed by atoms with Gasteiger partial charge in [0.15, 0.2) is 12.1 Å². The summed E-state index contributed by atoms with van der Waals surface area (Å²) in [5, 5.41) is 2.87. The second kappa shape index (κ2) is 6.86. The van der Waals surface area contributed by atoms with E-state index in [1.165, 1.54) is 6.39 Å². The number of oxazole rings is 1. The molecule has 6 heteroatoms. The summed E-state index contributed by atoms with van der Waals surface area (Å²) < 4.78 is 5.28. The van der Waals surface area contributed by atoms with Gasteiger partial charge in [0.25, 0.3) is 5.91 Å². The first-order chi connectivity index (χ1) is 11.6. The Bertz CT molecular complexity index is 724. The van der Waals surface area contributed by atoms with Gasteiger partial charge in [0.2, 0.25) is 5.91 Å². The molecule has 1 atom stereocenters. The summed E-state index contributed by atoms with van der Waals surface area (Å²) >= 11 is 0. The van der Waals surface area contributed by atoms with Crippen molar-refractivity contribution < 1.29 is 14.0 Å². The molecule has 3 rings (SSSR count). The number of hydrogen-bond donors (Lipinski definition) is 1. The van der Waals surface area contributed by atoms with Gasteiger partial charge in [-0.1, -0.05) is 32.0 Å². The molecule has 0 aliphatic carbocycles. The lowest BCUT2D eigenvalue weighted by molar-refractivity contribution is -0.117. The maximum atomic E-state index is 12.3. The Morgan fingerprint density at radius 3 is 2.83 bits per heavy atom. The van der Waals surface area contributed by atoms with Crippen molar-refractivity contribution in [1.82, 2.24) is 10.3 Å². The summed E-state index contributed by atoms with van der Waals surface area (Å²) in [5.74, 6) is 0.606. The van der Waals surface area contributed by atoms with Gasteiger partial charge < -0.3 is 14.6 Å². The molecule has 1 aliphatic heterocycles. The summed E-state index contributed by atoms with van der Waals surface area (Å²) in [4.78, 5) is 30.3. The second-order valence-corrected chi connectivity index (χ2v) is 6.34. The molecule has 1 aromatic heterocycles. The van der Waals surface area contributed by atoms with Crippen molar-refractivity contribution in [2.45, 2.75) is 26.2 Å². The number of nitrogens with zero attached hydrogens (tertiary/aromatic N) is 2. The van der Waals surface area contributed by atoms with E-state index in [1.54, 1.807) is 4.90 Å². The molecule has 1 N–H and O–H groups in total. The zero-order valence-corrected chi connectivity index (χ0v) is 13.9. The maximum absolute atomic E-state index is 12.3. The van der Waals surface area contributed by atoms with E-state index in [4.69, 9.17) is 4.42 Å². The lowest BCUT2D eigenvalue weighted by Crippen LogP contribution is -2.32. The molecule has 24 heavy (non-hydrogen) atoms. The van der Waals surface area contributed by atoms with Gasteiger partial charge in [0.1, 0.15) is 5.76 Å². The fourth-order valence-electron chi connectivity index (χ4n) is 2.93. The van der Waals surface area contributed by atoms with Crippen molar-refractivity contribution in [3.05, 3.63) is 48.2 Å². The summed E-state index contributed by atoms with van der Waals surface area (Å²) in [5.41, 5.74) is 1.23. The van der Waals surface area contributed by atoms with Crippen molar-refractivity contribution in [3.8, 4) is 0 Å². The topological polar surface area (TPSA) is 75.4 Å². The molecule has 126 valence electrons. The molecule has 0 bridgehead atoms. The first kappa shape index (κ1) is 16.2. The van der Waals surface area contributed by atoms with Crippen molar-refractivity contribution >= 4 is 17.5 Å². The molecule has 1 fully saturated rings. The maximum Gasteiger partial charge on any atom is 0.273 e. The Hall–Kier alpha value is -2.63. The molecule has 1 aromatic carbocycles. The smallest absolute Gasteiger partial charge is 0.273 e. The first-order valence-corrected chi connectivity index (χ1v) is 8.13. The Labute approximate surface area is 140 Å². The van der Waals surface area contributed by atoms with Crippen LogP contribution in [-0.4, -0.2) is 29.9 Å². The third kappa shape index (κ3) is 3.32. The van der Waals surface area contributed by atoms with Gasteiger partial charge in [-0.2, -0.15) is 0 Å². The van der Waals surface area contributed by atoms with E-state index >= 15 is 0 Å². The highest BCUT2D eigenvalue weighted by atomic mass is 16.3. The average molecular weight is 327 g/mol. The van der Waals surface area contributed by atoms with Crippen LogP contribution < -0.4 is 10.2 Å². The number of rotatable bonds is 5. The molecular weight excluding hydrogens is 306 g/mol. The minimum atomic E-state index is -0.252. The average Bonchev–Trinajstić information content (AvgIpc) is 3.20. The van der Waals surface area contributed by atoms with Gasteiger partial charge in [0, 0.05) is 37.0 Å². The van der Waals surface area contributed by atoms with Gasteiger partial charge in [-0.15, -0.1) is 0 Å². The SMILES string of the molecule is CC(C)c1ocnc1C(=O)NC[C@H]1CC(=O)N(c2ccccc2)C1. The van der Waals surface area contributed by atoms with Crippen LogP contribution in [0.3, 0.4) is 0 Å². The third-order valence-electron chi connectivity index (χ3n) is 4.16. The molecular formula is C18H21N3O3. The van der Waals surface area contributed by atoms with Gasteiger partial charge in [-0.3, -0.25) is 9.59 Å². The van der Waals surface area contributed by atoms with Crippen molar-refractivity contribution in [2.75, 3.05) is 18.0 Å². The molecule has 2 heterocycles. The van der Waals surface area contributed by atoms with E-state index in [0.717, 1.165) is 5.69 Å². The fourth-order valence-corrected chi connectivity index (χ4v) is 2.93. The van der Waals surface area contributed by atoms with E-state index in [0.29, 0.717) is 31.0 Å². The minimum Gasteiger partial charge on any atom is -0.447 e. The number of aromatic nitrogens is 1. The van der Waals surface area contributed by atoms with Crippen LogP contribution in [0.2, 0.25) is 0 Å². The van der Waals surface area contributed by atoms with Crippen LogP contribution in [0, 0.1) is 5.92 Å². The normalized spacial score (nSPS) is 17.5. The lowest BCUT2D eigenvalue weighted by atomic mass is 10.1. The van der Waals surface area contributed by atoms with Crippen LogP contribution in [0.25, 0.3) is 0 Å². The molecule has 0 unspecified atom stereocenters. The highest BCUT2D eigenvalue weighted by Gasteiger charge is 2.31. The van der Waals surface area contributed by atoms with Gasteiger partial charge >= 0.3 is 0 Å². The Kier molecular flexibility index (Phi) is 4.64. The highest BCUT2D eigenvalue weighted by Crippen LogP contribution is 2.24. The molecule has 2 amide bonds. The number of carbonyl (C=O) groups is 2. The Morgan fingerprint density at radius 1 is 1.38 bits per heavy atom. The molecule has 1 saturated heterocycles. The number of anilines is 1. The van der Waals surface area contributed by atoms with E-state index < -0.39 is 0 Å². The molecule has 0 saturated carbocycles. The summed E-state index contributed by atoms with van der Waals surface area (Å²) in [6.07, 6.45) is 1.73. The summed E-state index contributed by atoms with van der Waals surface area (Å²) in [6, 6.07) is 9.59. The molecule has 2 aromatic rings. The van der Waals surface area contributed by atoms with Crippen LogP contribution in [-0.2, 0) is 4.79 Å². The van der Waals surface area contributed by atoms with E-state index in [2.05, 4.69) is 10.3 Å². The van der Waals surface area contributed by atoms with E-state index in [1.807, 2.05) is 44.2 Å². The quantitative estimate of drug-likeness (QED) is 0.916. The van der Waals surface area contributed by atoms with Crippen LogP contribution in [0.4, 0.5) is 5.69 Å². The van der Waals surface area contributed by atoms with Crippen LogP contribution >= 0.6 is 0 Å². The van der Waals surface area contributed by atoms with Crippen molar-refractivity contribution in [3.63, 3.8) is 0 Å². The lowest BCUT2D eigenvalue weighted by Gasteiger charge is -2.16. The highest BCUT2D eigenvalue weighted by molar-refractivity contribution is 5.96. The van der Waals surface area contributed by atoms with Crippen LogP contribution in [0.5, 0.6) is 0 Å². The third-order valence-corrected chi connectivity index (χ3v) is 4.16. The number of nitrogens with one attached hydrogen (secondary N) is 1. The van der Waals surface area contributed by atoms with Gasteiger partial charge in [-0.05, 0) is 12.1 Å². The summed E-state index contributed by atoms with van der Waals surface area (Å²) in [6.45, 7) is 4.95. The van der Waals surface area contributed by atoms with E-state index in [9.17, 15) is 9.59 Å². The fraction of sp³-hybridized carbons (Fsp3) is 0.389. The zero-order chi connectivity index (χ0) is 17.1. The largest absolute Gasteiger partial charge is 0.447 e. The van der Waals surface area contributed by atoms with Crippen molar-refractivity contribution in [2.24, 2.45) is 5.92 Å². The number of amides is 2. The minimum absolute atomic E-state index is 0.0877. The summed E-state index contributed by atoms with van der Waals surface area (Å²) in [7, 11) is 0. The van der Waals surface area contributed by atoms with Crippen LogP contribution in [0.15, 0.2) is 41.1 Å². The van der Waals surface area contributed by atoms with Gasteiger partial charge in [0.05, 0.1) is 0 Å². The Balaban J connectivity index is 1.59. The van der Waals surface area contributed by atoms with Gasteiger partial charge in [-0.25, -0.2) is 4.98 Å². The molecule has 6 nitrogen and oxygen atoms in total. The second-order valence-electron chi connectivity index (χ2n) is 6.34. The number of hydrogen-bond acceptors (Lipinski definition) is 4. The standard InChI is InChI=1S/C18H21N3O3/c1-12(2)17-16(20-11-24-17)18(23)19-9-13-8-15(22)21(10-13)14-6-4-3-5-7-14/h3-7,11-13H,8-10H2,1-2H3,(H,19,23)/t13-/m1/s1. The molecule has 0 radical (unpaired) electrons. The Morgan fingerprint density at radius 2 is 2.12 bits per heavy atom. The van der Waals surface area contributed by atoms with E-state index in [-0.39, 0.29) is 23.7 Å². The number of benzene rings is 1. The van der Waals surface area contributed by atoms with Crippen LogP contribution in [0.1, 0.15) is 42.4 Å². The predicted octanol–water partition coefficient (Wildman–Crippen LogP) is 2.58. The first-order valence-electron chi connectivity index (χ1n) is 8.13. The monoisotopic (exact) mass is 327 g/mol. The predicted molar refractivity (Wildman–Crippen MR) is 89.8 cm³/mol. The zero-order valence-electron chi connectivity index (χ0n) is 13.9. The molecule has 0 spiro atoms. The van der Waals surface area contributed by atoms with Crippen molar-refractivity contribution in [1.29, 1.82) is 0 Å². The number of para-hydroxylation sites is 1. The molecule has 1 aliphatic rings.